The van der Waals surface area contributed by atoms with E-state index in [1.54, 1.807) is 0 Å². The molecule has 0 unspecified atom stereocenters. The van der Waals surface area contributed by atoms with Crippen LogP contribution in [0.5, 0.6) is 0 Å². The van der Waals surface area contributed by atoms with E-state index in [2.05, 4.69) is 16.4 Å². The standard InChI is InChI=1S/C17H14N2O/c1-12(20)19-14-8-6-13(7-9-14)15-10-11-18-17-5-3-2-4-16(15)17/h2-11H,1H3,(H,19,20). The predicted molar refractivity (Wildman–Crippen MR) is 81.5 cm³/mol. The first-order valence-electron chi connectivity index (χ1n) is 6.46. The third-order valence-corrected chi connectivity index (χ3v) is 3.17. The van der Waals surface area contributed by atoms with Crippen molar-refractivity contribution < 1.29 is 4.79 Å². The summed E-state index contributed by atoms with van der Waals surface area (Å²) in [7, 11) is 0. The Hall–Kier alpha value is -2.68. The van der Waals surface area contributed by atoms with E-state index in [4.69, 9.17) is 0 Å². The van der Waals surface area contributed by atoms with Crippen LogP contribution < -0.4 is 5.32 Å². The van der Waals surface area contributed by atoms with Gasteiger partial charge in [-0.15, -0.1) is 0 Å². The molecule has 0 aliphatic carbocycles. The molecule has 1 amide bonds. The molecule has 20 heavy (non-hydrogen) atoms. The molecule has 0 spiro atoms. The van der Waals surface area contributed by atoms with Crippen LogP contribution in [0, 0.1) is 0 Å². The van der Waals surface area contributed by atoms with Gasteiger partial charge in [0.05, 0.1) is 5.52 Å². The highest BCUT2D eigenvalue weighted by Crippen LogP contribution is 2.28. The predicted octanol–water partition coefficient (Wildman–Crippen LogP) is 3.86. The number of amides is 1. The summed E-state index contributed by atoms with van der Waals surface area (Å²) in [5.41, 5.74) is 4.04. The molecule has 3 aromatic rings. The van der Waals surface area contributed by atoms with Gasteiger partial charge in [0, 0.05) is 24.2 Å². The van der Waals surface area contributed by atoms with E-state index >= 15 is 0 Å². The smallest absolute Gasteiger partial charge is 0.221 e. The summed E-state index contributed by atoms with van der Waals surface area (Å²) in [6.07, 6.45) is 1.82. The lowest BCUT2D eigenvalue weighted by Crippen LogP contribution is -2.05. The molecule has 0 saturated carbocycles. The minimum absolute atomic E-state index is 0.0629. The quantitative estimate of drug-likeness (QED) is 0.762. The highest BCUT2D eigenvalue weighted by Gasteiger charge is 2.04. The molecule has 3 rings (SSSR count). The third kappa shape index (κ3) is 2.38. The number of rotatable bonds is 2. The fourth-order valence-electron chi connectivity index (χ4n) is 2.28. The number of carbonyl (C=O) groups excluding carboxylic acids is 1. The van der Waals surface area contributed by atoms with Gasteiger partial charge in [0.15, 0.2) is 0 Å². The Balaban J connectivity index is 2.05. The molecule has 0 aliphatic rings. The SMILES string of the molecule is CC(=O)Nc1ccc(-c2ccnc3ccccc23)cc1. The number of pyridine rings is 1. The molecular weight excluding hydrogens is 248 g/mol. The van der Waals surface area contributed by atoms with Crippen molar-refractivity contribution >= 4 is 22.5 Å². The van der Waals surface area contributed by atoms with Crippen molar-refractivity contribution in [2.45, 2.75) is 6.92 Å². The molecule has 0 aliphatic heterocycles. The van der Waals surface area contributed by atoms with Crippen LogP contribution in [0.2, 0.25) is 0 Å². The summed E-state index contributed by atoms with van der Waals surface area (Å²) >= 11 is 0. The Labute approximate surface area is 117 Å². The number of carbonyl (C=O) groups is 1. The fourth-order valence-corrected chi connectivity index (χ4v) is 2.28. The van der Waals surface area contributed by atoms with Crippen molar-refractivity contribution in [2.24, 2.45) is 0 Å². The Bertz CT molecular complexity index is 758. The highest BCUT2D eigenvalue weighted by atomic mass is 16.1. The van der Waals surface area contributed by atoms with E-state index in [0.717, 1.165) is 27.7 Å². The summed E-state index contributed by atoms with van der Waals surface area (Å²) in [5.74, 6) is -0.0629. The number of nitrogens with zero attached hydrogens (tertiary/aromatic N) is 1. The van der Waals surface area contributed by atoms with Crippen molar-refractivity contribution in [3.8, 4) is 11.1 Å². The van der Waals surface area contributed by atoms with Crippen LogP contribution in [0.25, 0.3) is 22.0 Å². The van der Waals surface area contributed by atoms with Crippen LogP contribution in [0.15, 0.2) is 60.8 Å². The summed E-state index contributed by atoms with van der Waals surface area (Å²) in [4.78, 5) is 15.4. The Morgan fingerprint density at radius 1 is 1.00 bits per heavy atom. The molecule has 0 atom stereocenters. The lowest BCUT2D eigenvalue weighted by Gasteiger charge is -2.07. The largest absolute Gasteiger partial charge is 0.326 e. The van der Waals surface area contributed by atoms with Crippen LogP contribution in [0.4, 0.5) is 5.69 Å². The molecule has 0 saturated heterocycles. The van der Waals surface area contributed by atoms with Gasteiger partial charge in [-0.1, -0.05) is 30.3 Å². The van der Waals surface area contributed by atoms with Gasteiger partial charge in [0.25, 0.3) is 0 Å². The maximum Gasteiger partial charge on any atom is 0.221 e. The minimum atomic E-state index is -0.0629. The normalized spacial score (nSPS) is 10.4. The number of hydrogen-bond donors (Lipinski definition) is 1. The number of fused-ring (bicyclic) bond motifs is 1. The molecule has 0 bridgehead atoms. The van der Waals surface area contributed by atoms with E-state index < -0.39 is 0 Å². The van der Waals surface area contributed by atoms with E-state index in [0.29, 0.717) is 0 Å². The summed E-state index contributed by atoms with van der Waals surface area (Å²) < 4.78 is 0. The Morgan fingerprint density at radius 2 is 1.75 bits per heavy atom. The monoisotopic (exact) mass is 262 g/mol. The molecule has 0 fully saturated rings. The van der Waals surface area contributed by atoms with Crippen molar-refractivity contribution in [1.82, 2.24) is 4.98 Å². The number of anilines is 1. The van der Waals surface area contributed by atoms with E-state index in [1.165, 1.54) is 6.92 Å². The van der Waals surface area contributed by atoms with Gasteiger partial charge in [-0.05, 0) is 35.4 Å². The van der Waals surface area contributed by atoms with E-state index in [9.17, 15) is 4.79 Å². The Morgan fingerprint density at radius 3 is 2.50 bits per heavy atom. The molecule has 1 heterocycles. The zero-order valence-corrected chi connectivity index (χ0v) is 11.1. The Kier molecular flexibility index (Phi) is 3.17. The molecular formula is C17H14N2O. The second-order valence-electron chi connectivity index (χ2n) is 4.63. The second-order valence-corrected chi connectivity index (χ2v) is 4.63. The van der Waals surface area contributed by atoms with Gasteiger partial charge in [-0.2, -0.15) is 0 Å². The molecule has 3 heteroatoms. The average molecular weight is 262 g/mol. The van der Waals surface area contributed by atoms with Gasteiger partial charge in [0.1, 0.15) is 0 Å². The number of para-hydroxylation sites is 1. The highest BCUT2D eigenvalue weighted by molar-refractivity contribution is 5.95. The average Bonchev–Trinajstić information content (AvgIpc) is 2.47. The summed E-state index contributed by atoms with van der Waals surface area (Å²) in [6.45, 7) is 1.50. The topological polar surface area (TPSA) is 42.0 Å². The molecule has 2 aromatic carbocycles. The first-order valence-corrected chi connectivity index (χ1v) is 6.46. The molecule has 3 nitrogen and oxygen atoms in total. The third-order valence-electron chi connectivity index (χ3n) is 3.17. The van der Waals surface area contributed by atoms with Gasteiger partial charge < -0.3 is 5.32 Å². The number of benzene rings is 2. The fraction of sp³-hybridized carbons (Fsp3) is 0.0588. The summed E-state index contributed by atoms with van der Waals surface area (Å²) in [6, 6.07) is 17.9. The van der Waals surface area contributed by atoms with Crippen molar-refractivity contribution in [1.29, 1.82) is 0 Å². The number of aromatic nitrogens is 1. The zero-order chi connectivity index (χ0) is 13.9. The second kappa shape index (κ2) is 5.13. The van der Waals surface area contributed by atoms with Crippen LogP contribution in [-0.4, -0.2) is 10.9 Å². The molecule has 98 valence electrons. The maximum atomic E-state index is 11.0. The van der Waals surface area contributed by atoms with Gasteiger partial charge in [-0.25, -0.2) is 0 Å². The summed E-state index contributed by atoms with van der Waals surface area (Å²) in [5, 5.41) is 3.90. The van der Waals surface area contributed by atoms with Gasteiger partial charge >= 0.3 is 0 Å². The molecule has 1 N–H and O–H groups in total. The van der Waals surface area contributed by atoms with Crippen molar-refractivity contribution in [3.05, 3.63) is 60.8 Å². The number of nitrogens with one attached hydrogen (secondary N) is 1. The van der Waals surface area contributed by atoms with Gasteiger partial charge in [0.2, 0.25) is 5.91 Å². The minimum Gasteiger partial charge on any atom is -0.326 e. The van der Waals surface area contributed by atoms with Gasteiger partial charge in [-0.3, -0.25) is 9.78 Å². The van der Waals surface area contributed by atoms with Crippen molar-refractivity contribution in [2.75, 3.05) is 5.32 Å². The first-order chi connectivity index (χ1) is 9.74. The van der Waals surface area contributed by atoms with Crippen LogP contribution >= 0.6 is 0 Å². The number of hydrogen-bond acceptors (Lipinski definition) is 2. The van der Waals surface area contributed by atoms with Crippen molar-refractivity contribution in [3.63, 3.8) is 0 Å². The lowest BCUT2D eigenvalue weighted by molar-refractivity contribution is -0.114. The zero-order valence-electron chi connectivity index (χ0n) is 11.1. The van der Waals surface area contributed by atoms with E-state index in [1.807, 2.05) is 54.7 Å². The first kappa shape index (κ1) is 12.4. The molecule has 0 radical (unpaired) electrons. The maximum absolute atomic E-state index is 11.0. The van der Waals surface area contributed by atoms with Crippen LogP contribution in [0.1, 0.15) is 6.92 Å². The van der Waals surface area contributed by atoms with E-state index in [-0.39, 0.29) is 5.91 Å². The van der Waals surface area contributed by atoms with Crippen LogP contribution in [0.3, 0.4) is 0 Å². The molecule has 1 aromatic heterocycles. The van der Waals surface area contributed by atoms with Crippen LogP contribution in [-0.2, 0) is 4.79 Å². The lowest BCUT2D eigenvalue weighted by atomic mass is 10.0.